The fourth-order valence-corrected chi connectivity index (χ4v) is 3.25. The lowest BCUT2D eigenvalue weighted by molar-refractivity contribution is 0.613. The summed E-state index contributed by atoms with van der Waals surface area (Å²) in [7, 11) is 0. The van der Waals surface area contributed by atoms with Crippen molar-refractivity contribution in [1.29, 1.82) is 0 Å². The zero-order valence-corrected chi connectivity index (χ0v) is 12.7. The predicted molar refractivity (Wildman–Crippen MR) is 85.9 cm³/mol. The molecule has 0 N–H and O–H groups in total. The third-order valence-corrected chi connectivity index (χ3v) is 4.51. The minimum atomic E-state index is -0.176. The summed E-state index contributed by atoms with van der Waals surface area (Å²) < 4.78 is 14.1. The van der Waals surface area contributed by atoms with Gasteiger partial charge in [0.25, 0.3) is 0 Å². The Morgan fingerprint density at radius 1 is 0.900 bits per heavy atom. The first kappa shape index (κ1) is 13.3. The molecule has 0 aromatic heterocycles. The summed E-state index contributed by atoms with van der Waals surface area (Å²) in [6.07, 6.45) is 0. The first-order valence-corrected chi connectivity index (χ1v) is 7.46. The molecule has 3 aromatic carbocycles. The summed E-state index contributed by atoms with van der Waals surface area (Å²) in [6.45, 7) is 1.98. The molecule has 0 saturated heterocycles. The molecule has 0 aliphatic rings. The zero-order chi connectivity index (χ0) is 14.1. The van der Waals surface area contributed by atoms with Crippen LogP contribution in [0, 0.1) is 12.7 Å². The van der Waals surface area contributed by atoms with E-state index in [1.54, 1.807) is 6.07 Å². The van der Waals surface area contributed by atoms with Gasteiger partial charge in [-0.25, -0.2) is 4.39 Å². The van der Waals surface area contributed by atoms with Crippen LogP contribution in [0.2, 0.25) is 0 Å². The number of hydrogen-bond donors (Lipinski definition) is 0. The predicted octanol–water partition coefficient (Wildman–Crippen LogP) is 5.77. The smallest absolute Gasteiger partial charge is 0.127 e. The highest BCUT2D eigenvalue weighted by Crippen LogP contribution is 2.36. The van der Waals surface area contributed by atoms with E-state index in [2.05, 4.69) is 34.1 Å². The molecule has 2 heteroatoms. The number of aryl methyl sites for hydroxylation is 1. The van der Waals surface area contributed by atoms with Crippen LogP contribution in [0.15, 0.2) is 60.7 Å². The molecule has 0 bridgehead atoms. The normalized spacial score (nSPS) is 12.6. The molecule has 100 valence electrons. The van der Waals surface area contributed by atoms with Gasteiger partial charge in [-0.1, -0.05) is 76.1 Å². The molecular weight excluding hydrogens is 315 g/mol. The van der Waals surface area contributed by atoms with E-state index < -0.39 is 0 Å². The van der Waals surface area contributed by atoms with Crippen molar-refractivity contribution < 1.29 is 4.39 Å². The Hall–Kier alpha value is -1.67. The molecule has 0 amide bonds. The third-order valence-electron chi connectivity index (χ3n) is 3.52. The Bertz CT molecular complexity index is 759. The molecule has 0 radical (unpaired) electrons. The maximum atomic E-state index is 14.1. The van der Waals surface area contributed by atoms with Crippen LogP contribution in [0.1, 0.15) is 21.5 Å². The second-order valence-electron chi connectivity index (χ2n) is 4.96. The fraction of sp³-hybridized carbons (Fsp3) is 0.111. The van der Waals surface area contributed by atoms with Gasteiger partial charge in [0.1, 0.15) is 5.82 Å². The highest BCUT2D eigenvalue weighted by Gasteiger charge is 2.17. The summed E-state index contributed by atoms with van der Waals surface area (Å²) in [6, 6.07) is 19.5. The van der Waals surface area contributed by atoms with E-state index in [4.69, 9.17) is 0 Å². The van der Waals surface area contributed by atoms with E-state index >= 15 is 0 Å². The quantitative estimate of drug-likeness (QED) is 0.524. The van der Waals surface area contributed by atoms with Gasteiger partial charge in [0, 0.05) is 5.56 Å². The fourth-order valence-electron chi connectivity index (χ4n) is 2.50. The molecule has 0 nitrogen and oxygen atoms in total. The first-order chi connectivity index (χ1) is 9.66. The Morgan fingerprint density at radius 2 is 1.65 bits per heavy atom. The molecular formula is C18H14BrF. The molecule has 0 aliphatic carbocycles. The van der Waals surface area contributed by atoms with E-state index in [0.29, 0.717) is 5.56 Å². The van der Waals surface area contributed by atoms with Crippen molar-refractivity contribution >= 4 is 26.7 Å². The minimum Gasteiger partial charge on any atom is -0.207 e. The van der Waals surface area contributed by atoms with Gasteiger partial charge >= 0.3 is 0 Å². The Kier molecular flexibility index (Phi) is 3.58. The molecule has 0 heterocycles. The second kappa shape index (κ2) is 5.37. The standard InChI is InChI=1S/C18H14BrF/c1-12-9-10-17(20)16(11-12)18(19)15-8-4-6-13-5-2-3-7-14(13)15/h2-11,18H,1H3. The van der Waals surface area contributed by atoms with Crippen molar-refractivity contribution in [2.24, 2.45) is 0 Å². The van der Waals surface area contributed by atoms with Crippen LogP contribution >= 0.6 is 15.9 Å². The van der Waals surface area contributed by atoms with Crippen molar-refractivity contribution in [3.8, 4) is 0 Å². The van der Waals surface area contributed by atoms with Gasteiger partial charge in [0.05, 0.1) is 4.83 Å². The second-order valence-corrected chi connectivity index (χ2v) is 5.87. The highest BCUT2D eigenvalue weighted by atomic mass is 79.9. The molecule has 0 saturated carbocycles. The molecule has 3 rings (SSSR count). The Balaban J connectivity index is 2.17. The van der Waals surface area contributed by atoms with Crippen LogP contribution in [-0.4, -0.2) is 0 Å². The number of fused-ring (bicyclic) bond motifs is 1. The summed E-state index contributed by atoms with van der Waals surface area (Å²) in [4.78, 5) is -0.145. The van der Waals surface area contributed by atoms with Crippen LogP contribution in [-0.2, 0) is 0 Å². The largest absolute Gasteiger partial charge is 0.207 e. The van der Waals surface area contributed by atoms with Crippen molar-refractivity contribution in [3.63, 3.8) is 0 Å². The summed E-state index contributed by atoms with van der Waals surface area (Å²) in [5.41, 5.74) is 2.83. The number of alkyl halides is 1. The summed E-state index contributed by atoms with van der Waals surface area (Å²) in [5.74, 6) is -0.176. The average molecular weight is 329 g/mol. The van der Waals surface area contributed by atoms with Crippen LogP contribution in [0.5, 0.6) is 0 Å². The zero-order valence-electron chi connectivity index (χ0n) is 11.1. The molecule has 3 aromatic rings. The van der Waals surface area contributed by atoms with Gasteiger partial charge < -0.3 is 0 Å². The van der Waals surface area contributed by atoms with Crippen LogP contribution < -0.4 is 0 Å². The maximum absolute atomic E-state index is 14.1. The minimum absolute atomic E-state index is 0.145. The van der Waals surface area contributed by atoms with Gasteiger partial charge in [-0.3, -0.25) is 0 Å². The van der Waals surface area contributed by atoms with Gasteiger partial charge in [-0.2, -0.15) is 0 Å². The van der Waals surface area contributed by atoms with Gasteiger partial charge in [0.15, 0.2) is 0 Å². The Labute approximate surface area is 126 Å². The number of rotatable bonds is 2. The van der Waals surface area contributed by atoms with Crippen LogP contribution in [0.25, 0.3) is 10.8 Å². The topological polar surface area (TPSA) is 0 Å². The van der Waals surface area contributed by atoms with E-state index in [1.807, 2.05) is 37.3 Å². The summed E-state index contributed by atoms with van der Waals surface area (Å²) in [5, 5.41) is 2.32. The van der Waals surface area contributed by atoms with E-state index in [9.17, 15) is 4.39 Å². The van der Waals surface area contributed by atoms with Gasteiger partial charge in [0.2, 0.25) is 0 Å². The maximum Gasteiger partial charge on any atom is 0.127 e. The third kappa shape index (κ3) is 2.36. The molecule has 20 heavy (non-hydrogen) atoms. The van der Waals surface area contributed by atoms with E-state index in [-0.39, 0.29) is 10.6 Å². The summed E-state index contributed by atoms with van der Waals surface area (Å²) >= 11 is 3.66. The number of hydrogen-bond acceptors (Lipinski definition) is 0. The van der Waals surface area contributed by atoms with Crippen LogP contribution in [0.3, 0.4) is 0 Å². The molecule has 1 unspecified atom stereocenters. The first-order valence-electron chi connectivity index (χ1n) is 6.54. The lowest BCUT2D eigenvalue weighted by Gasteiger charge is -2.15. The average Bonchev–Trinajstić information content (AvgIpc) is 2.48. The molecule has 0 aliphatic heterocycles. The number of benzene rings is 3. The van der Waals surface area contributed by atoms with E-state index in [0.717, 1.165) is 16.5 Å². The molecule has 0 spiro atoms. The SMILES string of the molecule is Cc1ccc(F)c(C(Br)c2cccc3ccccc23)c1. The van der Waals surface area contributed by atoms with Crippen LogP contribution in [0.4, 0.5) is 4.39 Å². The van der Waals surface area contributed by atoms with Crippen molar-refractivity contribution in [2.75, 3.05) is 0 Å². The van der Waals surface area contributed by atoms with Gasteiger partial charge in [-0.05, 0) is 29.3 Å². The van der Waals surface area contributed by atoms with Crippen molar-refractivity contribution in [3.05, 3.63) is 83.2 Å². The molecule has 1 atom stereocenters. The van der Waals surface area contributed by atoms with Gasteiger partial charge in [-0.15, -0.1) is 0 Å². The lowest BCUT2D eigenvalue weighted by Crippen LogP contribution is -1.98. The van der Waals surface area contributed by atoms with E-state index in [1.165, 1.54) is 11.5 Å². The van der Waals surface area contributed by atoms with Crippen molar-refractivity contribution in [1.82, 2.24) is 0 Å². The number of halogens is 2. The highest BCUT2D eigenvalue weighted by molar-refractivity contribution is 9.09. The van der Waals surface area contributed by atoms with Crippen molar-refractivity contribution in [2.45, 2.75) is 11.8 Å². The lowest BCUT2D eigenvalue weighted by atomic mass is 9.97. The molecule has 0 fully saturated rings. The monoisotopic (exact) mass is 328 g/mol. The Morgan fingerprint density at radius 3 is 2.50 bits per heavy atom.